The molecule has 0 unspecified atom stereocenters. The highest BCUT2D eigenvalue weighted by molar-refractivity contribution is 6.09. The minimum Gasteiger partial charge on any atom is -0.496 e. The second kappa shape index (κ2) is 4.89. The third-order valence-electron chi connectivity index (χ3n) is 3.39. The zero-order chi connectivity index (χ0) is 14.1. The summed E-state index contributed by atoms with van der Waals surface area (Å²) in [7, 11) is 4.91. The van der Waals surface area contributed by atoms with Gasteiger partial charge in [0.1, 0.15) is 5.75 Å². The molecule has 20 heavy (non-hydrogen) atoms. The van der Waals surface area contributed by atoms with E-state index in [1.165, 1.54) is 0 Å². The summed E-state index contributed by atoms with van der Waals surface area (Å²) in [6, 6.07) is 9.71. The van der Waals surface area contributed by atoms with Crippen LogP contribution >= 0.6 is 0 Å². The number of ether oxygens (including phenoxy) is 3. The van der Waals surface area contributed by atoms with Crippen LogP contribution in [0.2, 0.25) is 0 Å². The van der Waals surface area contributed by atoms with Crippen molar-refractivity contribution in [2.45, 2.75) is 0 Å². The maximum absolute atomic E-state index is 5.45. The van der Waals surface area contributed by atoms with Crippen molar-refractivity contribution < 1.29 is 14.2 Å². The normalized spacial score (nSPS) is 10.8. The average molecular weight is 269 g/mol. The van der Waals surface area contributed by atoms with Gasteiger partial charge in [0.05, 0.1) is 32.2 Å². The first kappa shape index (κ1) is 12.5. The van der Waals surface area contributed by atoms with Gasteiger partial charge in [-0.15, -0.1) is 0 Å². The van der Waals surface area contributed by atoms with Gasteiger partial charge in [-0.05, 0) is 24.3 Å². The third-order valence-corrected chi connectivity index (χ3v) is 3.39. The van der Waals surface area contributed by atoms with Gasteiger partial charge in [0.15, 0.2) is 11.5 Å². The monoisotopic (exact) mass is 269 g/mol. The zero-order valence-electron chi connectivity index (χ0n) is 11.6. The molecule has 0 fully saturated rings. The predicted octanol–water partition coefficient (Wildman–Crippen LogP) is 3.41. The highest BCUT2D eigenvalue weighted by Gasteiger charge is 2.11. The first-order valence-corrected chi connectivity index (χ1v) is 6.26. The standard InChI is InChI=1S/C16H15NO3/c1-18-13-6-4-5-12-16(13)11-8-15(20-3)14(19-2)7-10(11)9-17-12/h4-9H,1-3H3. The summed E-state index contributed by atoms with van der Waals surface area (Å²) in [4.78, 5) is 4.47. The molecule has 0 radical (unpaired) electrons. The Labute approximate surface area is 116 Å². The van der Waals surface area contributed by atoms with E-state index in [1.807, 2.05) is 36.5 Å². The average Bonchev–Trinajstić information content (AvgIpc) is 2.52. The number of rotatable bonds is 3. The van der Waals surface area contributed by atoms with Crippen molar-refractivity contribution in [1.29, 1.82) is 0 Å². The van der Waals surface area contributed by atoms with Crippen molar-refractivity contribution in [2.24, 2.45) is 0 Å². The minimum atomic E-state index is 0.691. The summed E-state index contributed by atoms with van der Waals surface area (Å²) in [5.41, 5.74) is 0.893. The second-order valence-corrected chi connectivity index (χ2v) is 4.41. The number of aromatic nitrogens is 1. The summed E-state index contributed by atoms with van der Waals surface area (Å²) in [5, 5.41) is 3.00. The van der Waals surface area contributed by atoms with Gasteiger partial charge in [0, 0.05) is 17.0 Å². The zero-order valence-corrected chi connectivity index (χ0v) is 11.6. The van der Waals surface area contributed by atoms with Crippen LogP contribution in [0.4, 0.5) is 0 Å². The Hall–Kier alpha value is -2.49. The lowest BCUT2D eigenvalue weighted by molar-refractivity contribution is 0.356. The number of methoxy groups -OCH3 is 3. The quantitative estimate of drug-likeness (QED) is 0.683. The van der Waals surface area contributed by atoms with Crippen molar-refractivity contribution in [3.63, 3.8) is 0 Å². The van der Waals surface area contributed by atoms with E-state index in [9.17, 15) is 0 Å². The molecule has 0 aliphatic carbocycles. The smallest absolute Gasteiger partial charge is 0.161 e. The van der Waals surface area contributed by atoms with Crippen molar-refractivity contribution in [2.75, 3.05) is 21.3 Å². The molecule has 4 nitrogen and oxygen atoms in total. The lowest BCUT2D eigenvalue weighted by atomic mass is 10.1. The van der Waals surface area contributed by atoms with Crippen LogP contribution in [0.5, 0.6) is 17.2 Å². The largest absolute Gasteiger partial charge is 0.496 e. The predicted molar refractivity (Wildman–Crippen MR) is 78.9 cm³/mol. The number of hydrogen-bond donors (Lipinski definition) is 0. The van der Waals surface area contributed by atoms with Crippen molar-refractivity contribution in [1.82, 2.24) is 4.98 Å². The van der Waals surface area contributed by atoms with E-state index < -0.39 is 0 Å². The Morgan fingerprint density at radius 2 is 1.55 bits per heavy atom. The van der Waals surface area contributed by atoms with Gasteiger partial charge < -0.3 is 14.2 Å². The van der Waals surface area contributed by atoms with Crippen molar-refractivity contribution >= 4 is 21.7 Å². The molecule has 1 aromatic heterocycles. The summed E-state index contributed by atoms with van der Waals surface area (Å²) < 4.78 is 16.2. The molecular weight excluding hydrogens is 254 g/mol. The molecule has 3 aromatic rings. The Kier molecular flexibility index (Phi) is 3.06. The number of fused-ring (bicyclic) bond motifs is 3. The molecule has 102 valence electrons. The molecule has 0 spiro atoms. The maximum atomic E-state index is 5.45. The van der Waals surface area contributed by atoms with Crippen LogP contribution in [0.25, 0.3) is 21.7 Å². The van der Waals surface area contributed by atoms with E-state index >= 15 is 0 Å². The molecule has 0 aliphatic rings. The Morgan fingerprint density at radius 3 is 2.25 bits per heavy atom. The molecule has 0 bridgehead atoms. The number of benzene rings is 2. The van der Waals surface area contributed by atoms with Gasteiger partial charge in [0.2, 0.25) is 0 Å². The molecule has 1 heterocycles. The number of pyridine rings is 1. The van der Waals surface area contributed by atoms with Gasteiger partial charge >= 0.3 is 0 Å². The minimum absolute atomic E-state index is 0.691. The highest BCUT2D eigenvalue weighted by atomic mass is 16.5. The SMILES string of the molecule is COc1cc2cnc3cccc(OC)c3c2cc1OC. The molecule has 2 aromatic carbocycles. The van der Waals surface area contributed by atoms with E-state index in [0.29, 0.717) is 11.5 Å². The van der Waals surface area contributed by atoms with Gasteiger partial charge in [-0.3, -0.25) is 4.98 Å². The van der Waals surface area contributed by atoms with E-state index in [2.05, 4.69) is 4.98 Å². The van der Waals surface area contributed by atoms with Gasteiger partial charge in [-0.2, -0.15) is 0 Å². The summed E-state index contributed by atoms with van der Waals surface area (Å²) in [6.45, 7) is 0. The lowest BCUT2D eigenvalue weighted by Gasteiger charge is -2.12. The molecule has 3 rings (SSSR count). The van der Waals surface area contributed by atoms with Crippen LogP contribution in [0, 0.1) is 0 Å². The van der Waals surface area contributed by atoms with Gasteiger partial charge in [-0.25, -0.2) is 0 Å². The topological polar surface area (TPSA) is 40.6 Å². The molecule has 0 amide bonds. The fourth-order valence-corrected chi connectivity index (χ4v) is 2.43. The van der Waals surface area contributed by atoms with E-state index in [4.69, 9.17) is 14.2 Å². The van der Waals surface area contributed by atoms with Crippen LogP contribution in [-0.2, 0) is 0 Å². The van der Waals surface area contributed by atoms with Crippen LogP contribution in [0.3, 0.4) is 0 Å². The Balaban J connectivity index is 2.46. The molecule has 0 aliphatic heterocycles. The highest BCUT2D eigenvalue weighted by Crippen LogP contribution is 2.37. The maximum Gasteiger partial charge on any atom is 0.161 e. The summed E-state index contributed by atoms with van der Waals surface area (Å²) >= 11 is 0. The van der Waals surface area contributed by atoms with Gasteiger partial charge in [-0.1, -0.05) is 6.07 Å². The Bertz CT molecular complexity index is 783. The molecule has 0 atom stereocenters. The van der Waals surface area contributed by atoms with E-state index in [1.54, 1.807) is 21.3 Å². The van der Waals surface area contributed by atoms with E-state index in [-0.39, 0.29) is 0 Å². The number of hydrogen-bond acceptors (Lipinski definition) is 4. The summed E-state index contributed by atoms with van der Waals surface area (Å²) in [6.07, 6.45) is 1.83. The lowest BCUT2D eigenvalue weighted by Crippen LogP contribution is -1.93. The van der Waals surface area contributed by atoms with Crippen LogP contribution in [-0.4, -0.2) is 26.3 Å². The van der Waals surface area contributed by atoms with Crippen LogP contribution < -0.4 is 14.2 Å². The van der Waals surface area contributed by atoms with Crippen molar-refractivity contribution in [3.8, 4) is 17.2 Å². The second-order valence-electron chi connectivity index (χ2n) is 4.41. The van der Waals surface area contributed by atoms with Gasteiger partial charge in [0.25, 0.3) is 0 Å². The van der Waals surface area contributed by atoms with Crippen molar-refractivity contribution in [3.05, 3.63) is 36.5 Å². The summed E-state index contributed by atoms with van der Waals surface area (Å²) in [5.74, 6) is 2.18. The van der Waals surface area contributed by atoms with E-state index in [0.717, 1.165) is 27.4 Å². The number of nitrogens with zero attached hydrogens (tertiary/aromatic N) is 1. The molecule has 0 N–H and O–H groups in total. The van der Waals surface area contributed by atoms with Crippen LogP contribution in [0.15, 0.2) is 36.5 Å². The molecule has 4 heteroatoms. The Morgan fingerprint density at radius 1 is 0.850 bits per heavy atom. The molecule has 0 saturated carbocycles. The van der Waals surface area contributed by atoms with Crippen LogP contribution in [0.1, 0.15) is 0 Å². The molecule has 0 saturated heterocycles. The fraction of sp³-hybridized carbons (Fsp3) is 0.188. The first-order chi connectivity index (χ1) is 9.78. The molecular formula is C16H15NO3. The first-order valence-electron chi connectivity index (χ1n) is 6.26. The fourth-order valence-electron chi connectivity index (χ4n) is 2.43. The third kappa shape index (κ3) is 1.81.